The summed E-state index contributed by atoms with van der Waals surface area (Å²) < 4.78 is 45.2. The van der Waals surface area contributed by atoms with Crippen LogP contribution >= 0.6 is 24.0 Å². The number of aliphatic imine (C=N–C) groups is 1. The molecule has 12 heteroatoms. The van der Waals surface area contributed by atoms with Crippen LogP contribution < -0.4 is 10.6 Å². The van der Waals surface area contributed by atoms with Crippen molar-refractivity contribution in [1.29, 1.82) is 0 Å². The number of hydrogen-bond donors (Lipinski definition) is 2. The average Bonchev–Trinajstić information content (AvgIpc) is 3.35. The lowest BCUT2D eigenvalue weighted by molar-refractivity contribution is -0.148. The van der Waals surface area contributed by atoms with Crippen LogP contribution in [0.2, 0.25) is 0 Å². The van der Waals surface area contributed by atoms with Crippen LogP contribution in [0.3, 0.4) is 0 Å². The predicted octanol–water partition coefficient (Wildman–Crippen LogP) is 2.62. The molecular formula is C20H35F3IN7O. The van der Waals surface area contributed by atoms with Crippen molar-refractivity contribution >= 4 is 29.9 Å². The molecule has 1 unspecified atom stereocenters. The van der Waals surface area contributed by atoms with Crippen LogP contribution in [0, 0.1) is 12.8 Å². The standard InChI is InChI=1S/C20H34F3N7O.HI/c1-15-27-28-18(29(15)2)13-26-19(25-12-17-4-3-11-31-17)24-8-5-16-6-9-30(10-7-16)14-20(21,22)23;/h16-17H,3-14H2,1-2H3,(H2,24,25,26);1H. The zero-order chi connectivity index (χ0) is 22.3. The van der Waals surface area contributed by atoms with Crippen molar-refractivity contribution in [1.82, 2.24) is 30.3 Å². The second-order valence-corrected chi connectivity index (χ2v) is 8.45. The Morgan fingerprint density at radius 1 is 1.19 bits per heavy atom. The highest BCUT2D eigenvalue weighted by molar-refractivity contribution is 14.0. The number of rotatable bonds is 8. The molecule has 2 fully saturated rings. The lowest BCUT2D eigenvalue weighted by Gasteiger charge is -2.32. The van der Waals surface area contributed by atoms with Gasteiger partial charge in [-0.05, 0) is 58.0 Å². The second kappa shape index (κ2) is 12.9. The lowest BCUT2D eigenvalue weighted by atomic mass is 9.93. The third-order valence-corrected chi connectivity index (χ3v) is 6.04. The molecule has 0 radical (unpaired) electrons. The van der Waals surface area contributed by atoms with Crippen molar-refractivity contribution < 1.29 is 17.9 Å². The van der Waals surface area contributed by atoms with E-state index in [-0.39, 0.29) is 30.1 Å². The molecule has 1 atom stereocenters. The SMILES string of the molecule is Cc1nnc(CN=C(NCCC2CCN(CC(F)(F)F)CC2)NCC2CCCO2)n1C.I. The Bertz CT molecular complexity index is 715. The van der Waals surface area contributed by atoms with E-state index in [4.69, 9.17) is 4.74 Å². The largest absolute Gasteiger partial charge is 0.401 e. The molecule has 1 aromatic rings. The quantitative estimate of drug-likeness (QED) is 0.283. The second-order valence-electron chi connectivity index (χ2n) is 8.45. The van der Waals surface area contributed by atoms with Gasteiger partial charge in [-0.2, -0.15) is 13.2 Å². The molecule has 2 aliphatic heterocycles. The van der Waals surface area contributed by atoms with Crippen LogP contribution in [-0.2, 0) is 18.3 Å². The number of guanidine groups is 1. The van der Waals surface area contributed by atoms with Crippen molar-refractivity contribution in [2.24, 2.45) is 18.0 Å². The van der Waals surface area contributed by atoms with Crippen LogP contribution in [0.4, 0.5) is 13.2 Å². The molecule has 32 heavy (non-hydrogen) atoms. The van der Waals surface area contributed by atoms with Crippen molar-refractivity contribution in [3.8, 4) is 0 Å². The Morgan fingerprint density at radius 2 is 1.94 bits per heavy atom. The van der Waals surface area contributed by atoms with Gasteiger partial charge in [-0.25, -0.2) is 4.99 Å². The number of nitrogens with one attached hydrogen (secondary N) is 2. The Morgan fingerprint density at radius 3 is 2.53 bits per heavy atom. The van der Waals surface area contributed by atoms with Gasteiger partial charge in [0.25, 0.3) is 0 Å². The minimum absolute atomic E-state index is 0. The Kier molecular flexibility index (Phi) is 10.9. The first kappa shape index (κ1) is 27.1. The number of likely N-dealkylation sites (tertiary alicyclic amines) is 1. The van der Waals surface area contributed by atoms with E-state index < -0.39 is 12.7 Å². The topological polar surface area (TPSA) is 79.6 Å². The summed E-state index contributed by atoms with van der Waals surface area (Å²) in [5.74, 6) is 2.75. The summed E-state index contributed by atoms with van der Waals surface area (Å²) in [6.07, 6.45) is 0.704. The maximum absolute atomic E-state index is 12.5. The summed E-state index contributed by atoms with van der Waals surface area (Å²) in [5.41, 5.74) is 0. The lowest BCUT2D eigenvalue weighted by Crippen LogP contribution is -2.43. The molecule has 0 saturated carbocycles. The number of ether oxygens (including phenoxy) is 1. The van der Waals surface area contributed by atoms with Gasteiger partial charge in [0, 0.05) is 26.7 Å². The normalized spacial score (nSPS) is 20.9. The maximum Gasteiger partial charge on any atom is 0.401 e. The molecule has 0 bridgehead atoms. The monoisotopic (exact) mass is 573 g/mol. The van der Waals surface area contributed by atoms with E-state index in [1.807, 2.05) is 18.5 Å². The zero-order valence-electron chi connectivity index (χ0n) is 18.8. The Hall–Kier alpha value is -1.15. The van der Waals surface area contributed by atoms with Gasteiger partial charge in [0.2, 0.25) is 0 Å². The van der Waals surface area contributed by atoms with Crippen molar-refractivity contribution in [2.75, 3.05) is 39.3 Å². The number of aryl methyl sites for hydroxylation is 1. The molecule has 1 aromatic heterocycles. The Balaban J connectivity index is 0.00000363. The molecule has 0 aliphatic carbocycles. The van der Waals surface area contributed by atoms with Gasteiger partial charge in [-0.3, -0.25) is 4.90 Å². The minimum Gasteiger partial charge on any atom is -0.376 e. The third kappa shape index (κ3) is 9.00. The van der Waals surface area contributed by atoms with Crippen LogP contribution in [0.15, 0.2) is 4.99 Å². The summed E-state index contributed by atoms with van der Waals surface area (Å²) >= 11 is 0. The number of aromatic nitrogens is 3. The number of nitrogens with zero attached hydrogens (tertiary/aromatic N) is 5. The molecule has 0 spiro atoms. The maximum atomic E-state index is 12.5. The van der Waals surface area contributed by atoms with Gasteiger partial charge >= 0.3 is 6.18 Å². The molecule has 0 aromatic carbocycles. The van der Waals surface area contributed by atoms with Crippen LogP contribution in [-0.4, -0.2) is 77.2 Å². The predicted molar refractivity (Wildman–Crippen MR) is 127 cm³/mol. The molecule has 3 rings (SSSR count). The van der Waals surface area contributed by atoms with E-state index in [1.165, 1.54) is 4.90 Å². The first-order valence-corrected chi connectivity index (χ1v) is 11.1. The number of alkyl halides is 3. The van der Waals surface area contributed by atoms with Gasteiger partial charge in [0.1, 0.15) is 12.4 Å². The smallest absolute Gasteiger partial charge is 0.376 e. The molecule has 2 N–H and O–H groups in total. The van der Waals surface area contributed by atoms with E-state index >= 15 is 0 Å². The highest BCUT2D eigenvalue weighted by atomic mass is 127. The summed E-state index contributed by atoms with van der Waals surface area (Å²) in [5, 5.41) is 14.9. The minimum atomic E-state index is -4.12. The van der Waals surface area contributed by atoms with Crippen LogP contribution in [0.25, 0.3) is 0 Å². The number of hydrogen-bond acceptors (Lipinski definition) is 5. The van der Waals surface area contributed by atoms with Crippen molar-refractivity contribution in [3.05, 3.63) is 11.6 Å². The third-order valence-electron chi connectivity index (χ3n) is 6.04. The van der Waals surface area contributed by atoms with Gasteiger partial charge in [0.05, 0.1) is 12.6 Å². The molecular weight excluding hydrogens is 538 g/mol. The van der Waals surface area contributed by atoms with Crippen molar-refractivity contribution in [2.45, 2.75) is 57.9 Å². The van der Waals surface area contributed by atoms with E-state index in [0.29, 0.717) is 38.1 Å². The first-order valence-electron chi connectivity index (χ1n) is 11.1. The number of piperidine rings is 1. The fourth-order valence-electron chi connectivity index (χ4n) is 4.01. The first-order chi connectivity index (χ1) is 14.8. The molecule has 2 aliphatic rings. The van der Waals surface area contributed by atoms with E-state index in [2.05, 4.69) is 25.8 Å². The fraction of sp³-hybridized carbons (Fsp3) is 0.850. The summed E-state index contributed by atoms with van der Waals surface area (Å²) in [6.45, 7) is 4.74. The summed E-state index contributed by atoms with van der Waals surface area (Å²) in [6, 6.07) is 0. The van der Waals surface area contributed by atoms with E-state index in [1.54, 1.807) is 0 Å². The molecule has 3 heterocycles. The fourth-order valence-corrected chi connectivity index (χ4v) is 4.01. The summed E-state index contributed by atoms with van der Waals surface area (Å²) in [7, 11) is 1.91. The van der Waals surface area contributed by atoms with E-state index in [9.17, 15) is 13.2 Å². The van der Waals surface area contributed by atoms with Gasteiger partial charge < -0.3 is 19.9 Å². The highest BCUT2D eigenvalue weighted by Crippen LogP contribution is 2.24. The zero-order valence-corrected chi connectivity index (χ0v) is 21.2. The molecule has 8 nitrogen and oxygen atoms in total. The molecule has 184 valence electrons. The van der Waals surface area contributed by atoms with Gasteiger partial charge in [0.15, 0.2) is 11.8 Å². The molecule has 0 amide bonds. The Labute approximate surface area is 204 Å². The van der Waals surface area contributed by atoms with E-state index in [0.717, 1.165) is 56.9 Å². The molecule has 2 saturated heterocycles. The van der Waals surface area contributed by atoms with Crippen molar-refractivity contribution in [3.63, 3.8) is 0 Å². The number of halogens is 4. The van der Waals surface area contributed by atoms with Gasteiger partial charge in [-0.1, -0.05) is 0 Å². The average molecular weight is 573 g/mol. The van der Waals surface area contributed by atoms with Crippen LogP contribution in [0.1, 0.15) is 43.8 Å². The van der Waals surface area contributed by atoms with Gasteiger partial charge in [-0.15, -0.1) is 34.2 Å². The van der Waals surface area contributed by atoms with Crippen LogP contribution in [0.5, 0.6) is 0 Å². The highest BCUT2D eigenvalue weighted by Gasteiger charge is 2.32. The summed E-state index contributed by atoms with van der Waals surface area (Å²) in [4.78, 5) is 6.15.